The average molecular weight is 323 g/mol. The third-order valence-electron chi connectivity index (χ3n) is 2.66. The van der Waals surface area contributed by atoms with Crippen LogP contribution in [0.2, 0.25) is 0 Å². The van der Waals surface area contributed by atoms with Crippen molar-refractivity contribution in [1.82, 2.24) is 0 Å². The van der Waals surface area contributed by atoms with Crippen LogP contribution in [-0.4, -0.2) is 5.11 Å². The zero-order valence-corrected chi connectivity index (χ0v) is 12.8. The molecule has 2 aromatic rings. The maximum absolute atomic E-state index is 9.54. The molecule has 0 heterocycles. The molecule has 18 heavy (non-hydrogen) atoms. The molecule has 0 saturated heterocycles. The summed E-state index contributed by atoms with van der Waals surface area (Å²) in [4.78, 5) is 2.38. The first kappa shape index (κ1) is 13.7. The molecule has 0 amide bonds. The minimum absolute atomic E-state index is 0.431. The molecular weight excluding hydrogens is 308 g/mol. The number of halogens is 1. The van der Waals surface area contributed by atoms with Gasteiger partial charge in [0.05, 0.1) is 6.10 Å². The van der Waals surface area contributed by atoms with E-state index >= 15 is 0 Å². The van der Waals surface area contributed by atoms with Gasteiger partial charge in [0.25, 0.3) is 0 Å². The lowest BCUT2D eigenvalue weighted by Gasteiger charge is -2.09. The van der Waals surface area contributed by atoms with E-state index in [0.717, 1.165) is 14.9 Å². The predicted octanol–water partition coefficient (Wildman–Crippen LogP) is 4.96. The molecule has 94 valence electrons. The fraction of sp³-hybridized carbons (Fsp3) is 0.200. The van der Waals surface area contributed by atoms with Crippen molar-refractivity contribution >= 4 is 27.7 Å². The first-order valence-corrected chi connectivity index (χ1v) is 7.39. The van der Waals surface area contributed by atoms with Gasteiger partial charge in [-0.3, -0.25) is 0 Å². The number of benzene rings is 2. The monoisotopic (exact) mass is 322 g/mol. The van der Waals surface area contributed by atoms with E-state index < -0.39 is 6.10 Å². The van der Waals surface area contributed by atoms with Crippen LogP contribution in [0.4, 0.5) is 0 Å². The summed E-state index contributed by atoms with van der Waals surface area (Å²) in [6.45, 7) is 3.87. The number of aliphatic hydroxyl groups excluding tert-OH is 1. The molecule has 0 saturated carbocycles. The van der Waals surface area contributed by atoms with Crippen LogP contribution < -0.4 is 0 Å². The molecule has 2 rings (SSSR count). The molecule has 0 aliphatic rings. The molecular formula is C15H15BrOS. The van der Waals surface area contributed by atoms with Gasteiger partial charge >= 0.3 is 0 Å². The van der Waals surface area contributed by atoms with Gasteiger partial charge in [0.2, 0.25) is 0 Å². The number of rotatable bonds is 3. The van der Waals surface area contributed by atoms with Crippen molar-refractivity contribution < 1.29 is 5.11 Å². The molecule has 0 unspecified atom stereocenters. The minimum atomic E-state index is -0.431. The third kappa shape index (κ3) is 3.37. The highest BCUT2D eigenvalue weighted by Crippen LogP contribution is 2.35. The molecule has 0 spiro atoms. The van der Waals surface area contributed by atoms with E-state index in [1.54, 1.807) is 18.7 Å². The Balaban J connectivity index is 2.24. The average Bonchev–Trinajstić information content (AvgIpc) is 2.31. The van der Waals surface area contributed by atoms with Crippen molar-refractivity contribution in [3.8, 4) is 0 Å². The summed E-state index contributed by atoms with van der Waals surface area (Å²) in [6.07, 6.45) is -0.431. The number of aryl methyl sites for hydroxylation is 1. The summed E-state index contributed by atoms with van der Waals surface area (Å²) in [5, 5.41) is 9.54. The van der Waals surface area contributed by atoms with E-state index in [0.29, 0.717) is 0 Å². The van der Waals surface area contributed by atoms with Crippen LogP contribution in [0.3, 0.4) is 0 Å². The second-order valence-corrected chi connectivity index (χ2v) is 6.25. The van der Waals surface area contributed by atoms with E-state index in [1.165, 1.54) is 10.5 Å². The van der Waals surface area contributed by atoms with Crippen LogP contribution in [0.1, 0.15) is 24.2 Å². The van der Waals surface area contributed by atoms with Crippen LogP contribution in [-0.2, 0) is 0 Å². The molecule has 0 radical (unpaired) electrons. The maximum Gasteiger partial charge on any atom is 0.0762 e. The molecule has 0 aliphatic heterocycles. The molecule has 0 aromatic heterocycles. The van der Waals surface area contributed by atoms with E-state index in [-0.39, 0.29) is 0 Å². The highest BCUT2D eigenvalue weighted by molar-refractivity contribution is 9.10. The van der Waals surface area contributed by atoms with Gasteiger partial charge in [0.1, 0.15) is 0 Å². The van der Waals surface area contributed by atoms with Gasteiger partial charge < -0.3 is 5.11 Å². The first-order valence-electron chi connectivity index (χ1n) is 5.78. The second-order valence-electron chi connectivity index (χ2n) is 4.28. The quantitative estimate of drug-likeness (QED) is 0.861. The Morgan fingerprint density at radius 2 is 1.94 bits per heavy atom. The predicted molar refractivity (Wildman–Crippen MR) is 80.1 cm³/mol. The maximum atomic E-state index is 9.54. The van der Waals surface area contributed by atoms with Crippen molar-refractivity contribution in [2.75, 3.05) is 0 Å². The van der Waals surface area contributed by atoms with Gasteiger partial charge in [-0.15, -0.1) is 0 Å². The molecule has 2 aromatic carbocycles. The highest BCUT2D eigenvalue weighted by Gasteiger charge is 2.06. The topological polar surface area (TPSA) is 20.2 Å². The Kier molecular flexibility index (Phi) is 4.49. The fourth-order valence-corrected chi connectivity index (χ4v) is 3.24. The standard InChI is InChI=1S/C15H15BrOS/c1-10-4-3-5-13(8-10)18-15-7-6-12(11(2)17)9-14(15)16/h3-9,11,17H,1-2H3/t11-/m1/s1. The molecule has 1 atom stereocenters. The fourth-order valence-electron chi connectivity index (χ4n) is 1.67. The van der Waals surface area contributed by atoms with Crippen LogP contribution in [0.15, 0.2) is 56.7 Å². The number of hydrogen-bond acceptors (Lipinski definition) is 2. The molecule has 0 bridgehead atoms. The Morgan fingerprint density at radius 1 is 1.17 bits per heavy atom. The van der Waals surface area contributed by atoms with Crippen LogP contribution in [0.25, 0.3) is 0 Å². The summed E-state index contributed by atoms with van der Waals surface area (Å²) in [7, 11) is 0. The Labute approximate surface area is 120 Å². The molecule has 3 heteroatoms. The van der Waals surface area contributed by atoms with Crippen LogP contribution >= 0.6 is 27.7 Å². The Morgan fingerprint density at radius 3 is 2.56 bits per heavy atom. The van der Waals surface area contributed by atoms with E-state index in [1.807, 2.05) is 18.2 Å². The van der Waals surface area contributed by atoms with Crippen molar-refractivity contribution in [3.05, 3.63) is 58.1 Å². The zero-order chi connectivity index (χ0) is 13.1. The summed E-state index contributed by atoms with van der Waals surface area (Å²) in [6, 6.07) is 14.4. The largest absolute Gasteiger partial charge is 0.389 e. The van der Waals surface area contributed by atoms with Gasteiger partial charge in [-0.1, -0.05) is 35.5 Å². The first-order chi connectivity index (χ1) is 8.56. The summed E-state index contributed by atoms with van der Waals surface area (Å²) in [5.41, 5.74) is 2.19. The SMILES string of the molecule is Cc1cccc(Sc2ccc([C@@H](C)O)cc2Br)c1. The van der Waals surface area contributed by atoms with Gasteiger partial charge in [-0.25, -0.2) is 0 Å². The van der Waals surface area contributed by atoms with Crippen molar-refractivity contribution in [2.45, 2.75) is 29.7 Å². The normalized spacial score (nSPS) is 12.4. The van der Waals surface area contributed by atoms with Crippen molar-refractivity contribution in [1.29, 1.82) is 0 Å². The lowest BCUT2D eigenvalue weighted by molar-refractivity contribution is 0.199. The van der Waals surface area contributed by atoms with E-state index in [9.17, 15) is 5.11 Å². The summed E-state index contributed by atoms with van der Waals surface area (Å²) < 4.78 is 1.02. The lowest BCUT2D eigenvalue weighted by atomic mass is 10.1. The molecule has 1 N–H and O–H groups in total. The Hall–Kier alpha value is -0.770. The highest BCUT2D eigenvalue weighted by atomic mass is 79.9. The number of aliphatic hydroxyl groups is 1. The smallest absolute Gasteiger partial charge is 0.0762 e. The Bertz CT molecular complexity index is 552. The molecule has 0 aliphatic carbocycles. The van der Waals surface area contributed by atoms with Gasteiger partial charge in [0.15, 0.2) is 0 Å². The van der Waals surface area contributed by atoms with Gasteiger partial charge in [-0.05, 0) is 59.6 Å². The summed E-state index contributed by atoms with van der Waals surface area (Å²) >= 11 is 5.28. The molecule has 0 fully saturated rings. The van der Waals surface area contributed by atoms with Gasteiger partial charge in [0, 0.05) is 14.3 Å². The minimum Gasteiger partial charge on any atom is -0.389 e. The van der Waals surface area contributed by atoms with Crippen molar-refractivity contribution in [3.63, 3.8) is 0 Å². The van der Waals surface area contributed by atoms with Crippen LogP contribution in [0, 0.1) is 6.92 Å². The van der Waals surface area contributed by atoms with Crippen molar-refractivity contribution in [2.24, 2.45) is 0 Å². The second kappa shape index (κ2) is 5.91. The lowest BCUT2D eigenvalue weighted by Crippen LogP contribution is -1.90. The zero-order valence-electron chi connectivity index (χ0n) is 10.4. The van der Waals surface area contributed by atoms with Gasteiger partial charge in [-0.2, -0.15) is 0 Å². The van der Waals surface area contributed by atoms with E-state index in [2.05, 4.69) is 47.1 Å². The third-order valence-corrected chi connectivity index (χ3v) is 4.64. The number of hydrogen-bond donors (Lipinski definition) is 1. The van der Waals surface area contributed by atoms with E-state index in [4.69, 9.17) is 0 Å². The summed E-state index contributed by atoms with van der Waals surface area (Å²) in [5.74, 6) is 0. The van der Waals surface area contributed by atoms with Crippen LogP contribution in [0.5, 0.6) is 0 Å². The molecule has 1 nitrogen and oxygen atoms in total.